The summed E-state index contributed by atoms with van der Waals surface area (Å²) < 4.78 is 2.17. The quantitative estimate of drug-likeness (QED) is 0.943. The smallest absolute Gasteiger partial charge is 0.309 e. The summed E-state index contributed by atoms with van der Waals surface area (Å²) in [4.78, 5) is 10.5. The monoisotopic (exact) mass is 315 g/mol. The summed E-state index contributed by atoms with van der Waals surface area (Å²) in [6, 6.07) is 5.32. The number of benzene rings is 1. The number of carboxylic acid groups (broad SMARTS) is 1. The van der Waals surface area contributed by atoms with Crippen LogP contribution in [0.25, 0.3) is 5.69 Å². The second kappa shape index (κ2) is 4.85. The highest BCUT2D eigenvalue weighted by molar-refractivity contribution is 9.10. The number of hydrogen-bond donors (Lipinski definition) is 1. The predicted molar refractivity (Wildman–Crippen MR) is 65.4 cm³/mol. The molecule has 0 aliphatic carbocycles. The molecular weight excluding hydrogens is 309 g/mol. The lowest BCUT2D eigenvalue weighted by molar-refractivity contribution is -0.136. The molecule has 0 unspecified atom stereocenters. The summed E-state index contributed by atoms with van der Waals surface area (Å²) in [5.41, 5.74) is 1.10. The molecule has 0 fully saturated rings. The first-order chi connectivity index (χ1) is 8.08. The van der Waals surface area contributed by atoms with E-state index < -0.39 is 5.97 Å². The summed E-state index contributed by atoms with van der Waals surface area (Å²) in [6.07, 6.45) is 1.41. The van der Waals surface area contributed by atoms with Crippen molar-refractivity contribution in [1.29, 1.82) is 0 Å². The third-order valence-corrected chi connectivity index (χ3v) is 3.43. The van der Waals surface area contributed by atoms with Crippen molar-refractivity contribution in [2.24, 2.45) is 0 Å². The molecule has 0 spiro atoms. The Labute approximate surface area is 110 Å². The molecule has 1 N–H and O–H groups in total. The molecule has 5 nitrogen and oxygen atoms in total. The molecule has 0 saturated carbocycles. The number of rotatable bonds is 3. The predicted octanol–water partition coefficient (Wildman–Crippen LogP) is 2.31. The van der Waals surface area contributed by atoms with Crippen molar-refractivity contribution in [2.45, 2.75) is 6.42 Å². The molecule has 2 aromatic rings. The standard InChI is InChI=1S/C10H7BrClN3O2/c11-10-7(12)2-1-3-8(10)15-5-6(13-14-15)4-9(16)17/h1-3,5H,4H2,(H,16,17). The van der Waals surface area contributed by atoms with Crippen LogP contribution in [0.4, 0.5) is 0 Å². The number of hydrogen-bond acceptors (Lipinski definition) is 3. The third-order valence-electron chi connectivity index (χ3n) is 2.05. The Hall–Kier alpha value is -1.40. The van der Waals surface area contributed by atoms with Crippen molar-refractivity contribution in [3.63, 3.8) is 0 Å². The molecule has 0 atom stereocenters. The van der Waals surface area contributed by atoms with Gasteiger partial charge in [0.15, 0.2) is 0 Å². The van der Waals surface area contributed by atoms with E-state index in [-0.39, 0.29) is 6.42 Å². The Morgan fingerprint density at radius 1 is 1.53 bits per heavy atom. The number of aliphatic carboxylic acids is 1. The summed E-state index contributed by atoms with van der Waals surface area (Å²) >= 11 is 9.29. The Morgan fingerprint density at radius 2 is 2.29 bits per heavy atom. The molecule has 1 heterocycles. The van der Waals surface area contributed by atoms with E-state index >= 15 is 0 Å². The van der Waals surface area contributed by atoms with Crippen molar-refractivity contribution in [1.82, 2.24) is 15.0 Å². The zero-order valence-corrected chi connectivity index (χ0v) is 10.8. The minimum absolute atomic E-state index is 0.155. The first-order valence-corrected chi connectivity index (χ1v) is 5.82. The Morgan fingerprint density at radius 3 is 3.00 bits per heavy atom. The zero-order valence-electron chi connectivity index (χ0n) is 8.47. The van der Waals surface area contributed by atoms with E-state index in [0.29, 0.717) is 20.9 Å². The maximum atomic E-state index is 10.5. The number of aromatic nitrogens is 3. The first-order valence-electron chi connectivity index (χ1n) is 4.65. The van der Waals surface area contributed by atoms with Crippen LogP contribution in [0.1, 0.15) is 5.69 Å². The van der Waals surface area contributed by atoms with Crippen molar-refractivity contribution in [3.8, 4) is 5.69 Å². The maximum Gasteiger partial charge on any atom is 0.309 e. The Kier molecular flexibility index (Phi) is 3.44. The van der Waals surface area contributed by atoms with Gasteiger partial charge in [-0.1, -0.05) is 22.9 Å². The molecule has 0 aliphatic rings. The topological polar surface area (TPSA) is 68.0 Å². The van der Waals surface area contributed by atoms with Gasteiger partial charge in [-0.25, -0.2) is 4.68 Å². The van der Waals surface area contributed by atoms with E-state index in [1.165, 1.54) is 4.68 Å². The van der Waals surface area contributed by atoms with E-state index in [9.17, 15) is 4.79 Å². The van der Waals surface area contributed by atoms with Crippen LogP contribution in [-0.2, 0) is 11.2 Å². The molecule has 7 heteroatoms. The minimum Gasteiger partial charge on any atom is -0.481 e. The highest BCUT2D eigenvalue weighted by atomic mass is 79.9. The molecule has 88 valence electrons. The summed E-state index contributed by atoms with van der Waals surface area (Å²) in [7, 11) is 0. The van der Waals surface area contributed by atoms with Crippen molar-refractivity contribution >= 4 is 33.5 Å². The van der Waals surface area contributed by atoms with E-state index in [0.717, 1.165) is 0 Å². The normalized spacial score (nSPS) is 10.5. The fraction of sp³-hybridized carbons (Fsp3) is 0.100. The number of carbonyl (C=O) groups is 1. The fourth-order valence-corrected chi connectivity index (χ4v) is 1.94. The van der Waals surface area contributed by atoms with Gasteiger partial charge in [-0.05, 0) is 28.1 Å². The highest BCUT2D eigenvalue weighted by Crippen LogP contribution is 2.28. The van der Waals surface area contributed by atoms with Crippen molar-refractivity contribution in [3.05, 3.63) is 39.6 Å². The maximum absolute atomic E-state index is 10.5. The van der Waals surface area contributed by atoms with Crippen molar-refractivity contribution in [2.75, 3.05) is 0 Å². The SMILES string of the molecule is O=C(O)Cc1cn(-c2cccc(Cl)c2Br)nn1. The molecule has 2 rings (SSSR count). The van der Waals surface area contributed by atoms with Gasteiger partial charge in [-0.2, -0.15) is 0 Å². The molecule has 0 aliphatic heterocycles. The third kappa shape index (κ3) is 2.65. The molecule has 0 amide bonds. The van der Waals surface area contributed by atoms with Gasteiger partial charge in [0.1, 0.15) is 0 Å². The molecule has 17 heavy (non-hydrogen) atoms. The second-order valence-corrected chi connectivity index (χ2v) is 4.50. The van der Waals surface area contributed by atoms with E-state index in [2.05, 4.69) is 26.2 Å². The Bertz CT molecular complexity index is 570. The average molecular weight is 317 g/mol. The van der Waals surface area contributed by atoms with Gasteiger partial charge in [-0.15, -0.1) is 5.10 Å². The van der Waals surface area contributed by atoms with Crippen LogP contribution in [0.2, 0.25) is 5.02 Å². The number of carboxylic acids is 1. The van der Waals surface area contributed by atoms with Crippen LogP contribution in [0.3, 0.4) is 0 Å². The lowest BCUT2D eigenvalue weighted by Crippen LogP contribution is -2.00. The van der Waals surface area contributed by atoms with Gasteiger partial charge in [-0.3, -0.25) is 4.79 Å². The molecule has 0 radical (unpaired) electrons. The van der Waals surface area contributed by atoms with Crippen molar-refractivity contribution < 1.29 is 9.90 Å². The molecular formula is C10H7BrClN3O2. The van der Waals surface area contributed by atoms with Crippen LogP contribution in [0.5, 0.6) is 0 Å². The van der Waals surface area contributed by atoms with Gasteiger partial charge in [0.05, 0.1) is 33.5 Å². The van der Waals surface area contributed by atoms with Crippen LogP contribution in [0.15, 0.2) is 28.9 Å². The lowest BCUT2D eigenvalue weighted by Gasteiger charge is -2.04. The molecule has 1 aromatic heterocycles. The second-order valence-electron chi connectivity index (χ2n) is 3.30. The van der Waals surface area contributed by atoms with Gasteiger partial charge in [0.2, 0.25) is 0 Å². The summed E-state index contributed by atoms with van der Waals surface area (Å²) in [5.74, 6) is -0.942. The van der Waals surface area contributed by atoms with Crippen LogP contribution in [0, 0.1) is 0 Å². The fourth-order valence-electron chi connectivity index (χ4n) is 1.32. The van der Waals surface area contributed by atoms with Gasteiger partial charge in [0, 0.05) is 0 Å². The lowest BCUT2D eigenvalue weighted by atomic mass is 10.3. The number of halogens is 2. The minimum atomic E-state index is -0.942. The van der Waals surface area contributed by atoms with E-state index in [1.807, 2.05) is 0 Å². The average Bonchev–Trinajstić information content (AvgIpc) is 2.69. The largest absolute Gasteiger partial charge is 0.481 e. The molecule has 0 saturated heterocycles. The van der Waals surface area contributed by atoms with Gasteiger partial charge in [0.25, 0.3) is 0 Å². The van der Waals surface area contributed by atoms with Crippen LogP contribution in [-0.4, -0.2) is 26.1 Å². The number of nitrogens with zero attached hydrogens (tertiary/aromatic N) is 3. The Balaban J connectivity index is 2.37. The van der Waals surface area contributed by atoms with Gasteiger partial charge >= 0.3 is 5.97 Å². The molecule has 1 aromatic carbocycles. The molecule has 0 bridgehead atoms. The zero-order chi connectivity index (χ0) is 12.4. The van der Waals surface area contributed by atoms with Gasteiger partial charge < -0.3 is 5.11 Å². The van der Waals surface area contributed by atoms with Crippen LogP contribution < -0.4 is 0 Å². The van der Waals surface area contributed by atoms with Crippen LogP contribution >= 0.6 is 27.5 Å². The van der Waals surface area contributed by atoms with E-state index in [1.54, 1.807) is 24.4 Å². The van der Waals surface area contributed by atoms with E-state index in [4.69, 9.17) is 16.7 Å². The highest BCUT2D eigenvalue weighted by Gasteiger charge is 2.10. The summed E-state index contributed by atoms with van der Waals surface area (Å²) in [5, 5.41) is 16.8. The first kappa shape index (κ1) is 12.1. The summed E-state index contributed by atoms with van der Waals surface area (Å²) in [6.45, 7) is 0.